The van der Waals surface area contributed by atoms with E-state index in [0.29, 0.717) is 12.2 Å². The van der Waals surface area contributed by atoms with Crippen LogP contribution in [0.1, 0.15) is 49.2 Å². The molecule has 132 valence electrons. The smallest absolute Gasteiger partial charge is 0.329 e. The molecule has 0 spiro atoms. The lowest BCUT2D eigenvalue weighted by Crippen LogP contribution is -2.34. The Kier molecular flexibility index (Phi) is 5.37. The Morgan fingerprint density at radius 1 is 1.44 bits per heavy atom. The van der Waals surface area contributed by atoms with Gasteiger partial charge in [-0.3, -0.25) is 19.1 Å². The van der Waals surface area contributed by atoms with Gasteiger partial charge in [-0.2, -0.15) is 5.26 Å². The van der Waals surface area contributed by atoms with Crippen LogP contribution >= 0.6 is 0 Å². The quantitative estimate of drug-likeness (QED) is 0.877. The van der Waals surface area contributed by atoms with Crippen LogP contribution in [-0.4, -0.2) is 38.9 Å². The summed E-state index contributed by atoms with van der Waals surface area (Å²) >= 11 is 0. The number of amides is 1. The van der Waals surface area contributed by atoms with Gasteiger partial charge in [-0.15, -0.1) is 0 Å². The third-order valence-corrected chi connectivity index (χ3v) is 4.01. The summed E-state index contributed by atoms with van der Waals surface area (Å²) in [7, 11) is 1.57. The molecule has 0 aliphatic rings. The lowest BCUT2D eigenvalue weighted by Gasteiger charge is -2.18. The predicted molar refractivity (Wildman–Crippen MR) is 93.6 cm³/mol. The van der Waals surface area contributed by atoms with E-state index in [4.69, 9.17) is 5.26 Å². The van der Waals surface area contributed by atoms with Crippen molar-refractivity contribution in [1.29, 1.82) is 5.26 Å². The molecule has 2 rings (SSSR count). The fourth-order valence-electron chi connectivity index (χ4n) is 2.58. The average Bonchev–Trinajstić information content (AvgIpc) is 2.58. The molecule has 2 aromatic rings. The molecule has 0 saturated heterocycles. The second-order valence-electron chi connectivity index (χ2n) is 6.09. The van der Waals surface area contributed by atoms with Crippen molar-refractivity contribution >= 4 is 16.9 Å². The molecule has 1 amide bonds. The molecule has 25 heavy (non-hydrogen) atoms. The molecule has 0 unspecified atom stereocenters. The molecule has 0 aliphatic heterocycles. The van der Waals surface area contributed by atoms with Crippen LogP contribution in [0.5, 0.6) is 0 Å². The number of nitriles is 1. The van der Waals surface area contributed by atoms with Crippen molar-refractivity contribution in [2.75, 3.05) is 13.6 Å². The zero-order valence-electron chi connectivity index (χ0n) is 14.8. The van der Waals surface area contributed by atoms with E-state index in [9.17, 15) is 14.4 Å². The van der Waals surface area contributed by atoms with Gasteiger partial charge in [0.2, 0.25) is 0 Å². The van der Waals surface area contributed by atoms with Crippen LogP contribution in [0.3, 0.4) is 0 Å². The van der Waals surface area contributed by atoms with E-state index in [1.807, 2.05) is 19.9 Å². The molecule has 8 nitrogen and oxygen atoms in total. The fourth-order valence-corrected chi connectivity index (χ4v) is 2.58. The minimum absolute atomic E-state index is 0.0139. The van der Waals surface area contributed by atoms with Crippen LogP contribution in [0.25, 0.3) is 11.0 Å². The summed E-state index contributed by atoms with van der Waals surface area (Å²) in [5, 5.41) is 8.80. The normalized spacial score (nSPS) is 10.9. The van der Waals surface area contributed by atoms with Gasteiger partial charge >= 0.3 is 5.69 Å². The van der Waals surface area contributed by atoms with Crippen molar-refractivity contribution in [3.63, 3.8) is 0 Å². The Balaban J connectivity index is 2.83. The largest absolute Gasteiger partial charge is 0.341 e. The van der Waals surface area contributed by atoms with Crippen molar-refractivity contribution in [2.24, 2.45) is 0 Å². The lowest BCUT2D eigenvalue weighted by molar-refractivity contribution is 0.0799. The van der Waals surface area contributed by atoms with Crippen molar-refractivity contribution in [1.82, 2.24) is 19.4 Å². The Labute approximate surface area is 144 Å². The molecule has 2 heterocycles. The molecule has 8 heteroatoms. The predicted octanol–water partition coefficient (Wildman–Crippen LogP) is 1.21. The number of hydrogen-bond donors (Lipinski definition) is 1. The summed E-state index contributed by atoms with van der Waals surface area (Å²) in [5.74, 6) is -0.364. The zero-order valence-corrected chi connectivity index (χ0v) is 14.8. The summed E-state index contributed by atoms with van der Waals surface area (Å²) in [5.41, 5.74) is -0.164. The van der Waals surface area contributed by atoms with E-state index in [-0.39, 0.29) is 41.4 Å². The Bertz CT molecular complexity index is 965. The second-order valence-corrected chi connectivity index (χ2v) is 6.09. The van der Waals surface area contributed by atoms with Gasteiger partial charge in [-0.05, 0) is 18.9 Å². The number of nitrogens with one attached hydrogen (secondary N) is 1. The number of carbonyl (C=O) groups is 1. The molecule has 0 bridgehead atoms. The summed E-state index contributed by atoms with van der Waals surface area (Å²) in [6, 6.07) is 3.58. The van der Waals surface area contributed by atoms with Gasteiger partial charge in [-0.1, -0.05) is 13.8 Å². The summed E-state index contributed by atoms with van der Waals surface area (Å²) in [6.45, 7) is 6.18. The maximum atomic E-state index is 12.8. The second kappa shape index (κ2) is 7.30. The Hall–Kier alpha value is -2.95. The maximum absolute atomic E-state index is 12.8. The van der Waals surface area contributed by atoms with Crippen molar-refractivity contribution in [3.8, 4) is 6.07 Å². The third kappa shape index (κ3) is 3.45. The molecule has 0 atom stereocenters. The lowest BCUT2D eigenvalue weighted by atomic mass is 10.0. The van der Waals surface area contributed by atoms with Gasteiger partial charge in [-0.25, -0.2) is 9.78 Å². The van der Waals surface area contributed by atoms with Crippen LogP contribution < -0.4 is 11.2 Å². The average molecular weight is 343 g/mol. The minimum Gasteiger partial charge on any atom is -0.341 e. The number of aromatic nitrogens is 3. The van der Waals surface area contributed by atoms with Crippen LogP contribution in [0, 0.1) is 11.3 Å². The SMILES string of the molecule is CCn1c(=O)[nH]c(=O)c2c(C(=O)N(C)CCC#N)cc(C(C)C)nc21. The standard InChI is InChI=1S/C17H21N5O3/c1-5-22-14-13(15(23)20-17(22)25)11(9-12(19-14)10(2)3)16(24)21(4)8-6-7-18/h9-10H,5-6,8H2,1-4H3,(H,20,23,25). The first-order valence-corrected chi connectivity index (χ1v) is 8.12. The number of H-pyrrole nitrogens is 1. The van der Waals surface area contributed by atoms with Crippen molar-refractivity contribution in [2.45, 2.75) is 39.7 Å². The highest BCUT2D eigenvalue weighted by molar-refractivity contribution is 6.05. The highest BCUT2D eigenvalue weighted by Gasteiger charge is 2.22. The first kappa shape index (κ1) is 18.4. The number of carbonyl (C=O) groups excluding carboxylic acids is 1. The minimum atomic E-state index is -0.635. The van der Waals surface area contributed by atoms with Crippen LogP contribution in [0.15, 0.2) is 15.7 Å². The summed E-state index contributed by atoms with van der Waals surface area (Å²) < 4.78 is 1.34. The number of pyridine rings is 1. The number of hydrogen-bond acceptors (Lipinski definition) is 5. The zero-order chi connectivity index (χ0) is 18.7. The summed E-state index contributed by atoms with van der Waals surface area (Å²) in [4.78, 5) is 45.4. The maximum Gasteiger partial charge on any atom is 0.329 e. The van der Waals surface area contributed by atoms with Crippen molar-refractivity contribution in [3.05, 3.63) is 38.2 Å². The topological polar surface area (TPSA) is 112 Å². The van der Waals surface area contributed by atoms with Crippen LogP contribution in [-0.2, 0) is 6.54 Å². The van der Waals surface area contributed by atoms with E-state index >= 15 is 0 Å². The number of aryl methyl sites for hydroxylation is 1. The molecule has 0 saturated carbocycles. The molecule has 1 N–H and O–H groups in total. The monoisotopic (exact) mass is 343 g/mol. The van der Waals surface area contributed by atoms with Crippen LogP contribution in [0.2, 0.25) is 0 Å². The Morgan fingerprint density at radius 3 is 2.68 bits per heavy atom. The van der Waals surface area contributed by atoms with Gasteiger partial charge < -0.3 is 4.90 Å². The first-order chi connectivity index (χ1) is 11.8. The number of nitrogens with zero attached hydrogens (tertiary/aromatic N) is 4. The molecule has 0 radical (unpaired) electrons. The van der Waals surface area contributed by atoms with E-state index in [1.165, 1.54) is 9.47 Å². The molecule has 0 aliphatic carbocycles. The highest BCUT2D eigenvalue weighted by atomic mass is 16.2. The Morgan fingerprint density at radius 2 is 2.12 bits per heavy atom. The van der Waals surface area contributed by atoms with Gasteiger partial charge in [0.1, 0.15) is 0 Å². The number of fused-ring (bicyclic) bond motifs is 1. The third-order valence-electron chi connectivity index (χ3n) is 4.01. The highest BCUT2D eigenvalue weighted by Crippen LogP contribution is 2.20. The van der Waals surface area contributed by atoms with E-state index in [2.05, 4.69) is 9.97 Å². The van der Waals surface area contributed by atoms with Crippen LogP contribution in [0.4, 0.5) is 0 Å². The van der Waals surface area contributed by atoms with Gasteiger partial charge in [0.15, 0.2) is 5.65 Å². The first-order valence-electron chi connectivity index (χ1n) is 8.12. The molecule has 2 aromatic heterocycles. The van der Waals surface area contributed by atoms with E-state index in [1.54, 1.807) is 20.0 Å². The van der Waals surface area contributed by atoms with Gasteiger partial charge in [0, 0.05) is 25.8 Å². The number of rotatable bonds is 5. The molecule has 0 fully saturated rings. The number of aromatic amines is 1. The van der Waals surface area contributed by atoms with E-state index in [0.717, 1.165) is 0 Å². The fraction of sp³-hybridized carbons (Fsp3) is 0.471. The van der Waals surface area contributed by atoms with E-state index < -0.39 is 11.2 Å². The molecule has 0 aromatic carbocycles. The van der Waals surface area contributed by atoms with Crippen molar-refractivity contribution < 1.29 is 4.79 Å². The van der Waals surface area contributed by atoms with Gasteiger partial charge in [0.05, 0.1) is 23.4 Å². The van der Waals surface area contributed by atoms with Gasteiger partial charge in [0.25, 0.3) is 11.5 Å². The summed E-state index contributed by atoms with van der Waals surface area (Å²) in [6.07, 6.45) is 0.193. The molecular weight excluding hydrogens is 322 g/mol. The molecular formula is C17H21N5O3.